The van der Waals surface area contributed by atoms with Crippen LogP contribution in [0.3, 0.4) is 0 Å². The van der Waals surface area contributed by atoms with Crippen molar-refractivity contribution in [2.24, 2.45) is 0 Å². The average Bonchev–Trinajstić information content (AvgIpc) is 3.05. The molecule has 0 heterocycles. The Kier molecular flexibility index (Phi) is 9.70. The van der Waals surface area contributed by atoms with Crippen molar-refractivity contribution in [3.8, 4) is 33.8 Å². The normalized spacial score (nSPS) is 10.8. The van der Waals surface area contributed by atoms with Crippen LogP contribution < -0.4 is 9.47 Å². The lowest BCUT2D eigenvalue weighted by Crippen LogP contribution is -2.07. The summed E-state index contributed by atoms with van der Waals surface area (Å²) in [5.74, 6) is 0.715. The van der Waals surface area contributed by atoms with Crippen molar-refractivity contribution < 1.29 is 28.5 Å². The fraction of sp³-hybridized carbons (Fsp3) is 0.189. The van der Waals surface area contributed by atoms with Gasteiger partial charge in [-0.1, -0.05) is 86.3 Å². The quantitative estimate of drug-likeness (QED) is 0.0462. The van der Waals surface area contributed by atoms with Crippen molar-refractivity contribution in [3.05, 3.63) is 110 Å². The summed E-state index contributed by atoms with van der Waals surface area (Å²) in [6, 6.07) is 33.0. The zero-order chi connectivity index (χ0) is 30.0. The van der Waals surface area contributed by atoms with E-state index in [9.17, 15) is 9.59 Å². The molecular formula is C37H34O6. The lowest BCUT2D eigenvalue weighted by molar-refractivity contribution is -0.144. The van der Waals surface area contributed by atoms with Crippen LogP contribution in [0, 0.1) is 0 Å². The highest BCUT2D eigenvalue weighted by atomic mass is 16.7. The van der Waals surface area contributed by atoms with Crippen molar-refractivity contribution in [2.45, 2.75) is 26.2 Å². The topological polar surface area (TPSA) is 71.1 Å². The molecule has 0 aliphatic rings. The van der Waals surface area contributed by atoms with Gasteiger partial charge < -0.3 is 18.9 Å². The summed E-state index contributed by atoms with van der Waals surface area (Å²) in [4.78, 5) is 22.6. The van der Waals surface area contributed by atoms with Crippen molar-refractivity contribution in [1.29, 1.82) is 0 Å². The zero-order valence-corrected chi connectivity index (χ0v) is 24.2. The van der Waals surface area contributed by atoms with Crippen LogP contribution in [0.5, 0.6) is 11.5 Å². The standard InChI is InChI=1S/C37H34O6/c1-3-34(38)41-24-10-9-23-40-28-19-15-26(16-20-28)36-30-11-5-7-13-32(30)37(33-14-8-6-12-31(33)36)27-17-21-29(22-18-27)42-25-43-35(39)4-2/h4-8,11-22H,2-3,9-10,23-25H2,1H3. The van der Waals surface area contributed by atoms with Crippen LogP contribution in [0.1, 0.15) is 26.2 Å². The van der Waals surface area contributed by atoms with Gasteiger partial charge in [0.25, 0.3) is 0 Å². The first-order valence-corrected chi connectivity index (χ1v) is 14.4. The average molecular weight is 575 g/mol. The van der Waals surface area contributed by atoms with Crippen molar-refractivity contribution >= 4 is 33.5 Å². The minimum absolute atomic E-state index is 0.169. The molecule has 5 rings (SSSR count). The highest BCUT2D eigenvalue weighted by Gasteiger charge is 2.16. The molecule has 0 fully saturated rings. The van der Waals surface area contributed by atoms with Crippen LogP contribution in [-0.2, 0) is 19.1 Å². The van der Waals surface area contributed by atoms with E-state index in [1.165, 1.54) is 5.56 Å². The van der Waals surface area contributed by atoms with Gasteiger partial charge in [-0.3, -0.25) is 4.79 Å². The third kappa shape index (κ3) is 7.04. The van der Waals surface area contributed by atoms with Gasteiger partial charge in [0.05, 0.1) is 13.2 Å². The second-order valence-electron chi connectivity index (χ2n) is 9.95. The minimum atomic E-state index is -0.528. The molecule has 43 heavy (non-hydrogen) atoms. The number of hydrogen-bond donors (Lipinski definition) is 0. The molecule has 0 unspecified atom stereocenters. The summed E-state index contributed by atoms with van der Waals surface area (Å²) >= 11 is 0. The molecule has 0 N–H and O–H groups in total. The van der Waals surface area contributed by atoms with E-state index in [2.05, 4.69) is 67.2 Å². The second-order valence-corrected chi connectivity index (χ2v) is 9.95. The summed E-state index contributed by atoms with van der Waals surface area (Å²) in [7, 11) is 0. The van der Waals surface area contributed by atoms with Gasteiger partial charge in [-0.15, -0.1) is 0 Å². The van der Waals surface area contributed by atoms with Crippen LogP contribution in [-0.4, -0.2) is 31.9 Å². The van der Waals surface area contributed by atoms with Crippen molar-refractivity contribution in [3.63, 3.8) is 0 Å². The van der Waals surface area contributed by atoms with E-state index in [0.29, 0.717) is 25.4 Å². The lowest BCUT2D eigenvalue weighted by Gasteiger charge is -2.18. The van der Waals surface area contributed by atoms with E-state index < -0.39 is 5.97 Å². The van der Waals surface area contributed by atoms with Gasteiger partial charge in [-0.2, -0.15) is 0 Å². The Hall–Kier alpha value is -5.10. The molecule has 0 spiro atoms. The van der Waals surface area contributed by atoms with Gasteiger partial charge in [-0.05, 0) is 80.9 Å². The van der Waals surface area contributed by atoms with Crippen molar-refractivity contribution in [2.75, 3.05) is 20.0 Å². The predicted octanol–water partition coefficient (Wildman–Crippen LogP) is 8.50. The van der Waals surface area contributed by atoms with Crippen molar-refractivity contribution in [1.82, 2.24) is 0 Å². The molecule has 6 heteroatoms. The number of hydrogen-bond acceptors (Lipinski definition) is 6. The number of unbranched alkanes of at least 4 members (excludes halogenated alkanes) is 1. The maximum absolute atomic E-state index is 11.3. The molecule has 6 nitrogen and oxygen atoms in total. The van der Waals surface area contributed by atoms with Crippen LogP contribution >= 0.6 is 0 Å². The van der Waals surface area contributed by atoms with E-state index in [0.717, 1.165) is 62.9 Å². The van der Waals surface area contributed by atoms with Gasteiger partial charge in [0.2, 0.25) is 6.79 Å². The molecule has 0 aliphatic carbocycles. The molecule has 218 valence electrons. The molecule has 0 bridgehead atoms. The fourth-order valence-electron chi connectivity index (χ4n) is 5.08. The first-order chi connectivity index (χ1) is 21.1. The van der Waals surface area contributed by atoms with E-state index >= 15 is 0 Å². The summed E-state index contributed by atoms with van der Waals surface area (Å²) in [6.45, 7) is 5.99. The summed E-state index contributed by atoms with van der Waals surface area (Å²) in [5.41, 5.74) is 4.48. The van der Waals surface area contributed by atoms with E-state index in [-0.39, 0.29) is 12.8 Å². The molecule has 0 aromatic heterocycles. The van der Waals surface area contributed by atoms with Gasteiger partial charge >= 0.3 is 11.9 Å². The molecule has 0 saturated carbocycles. The predicted molar refractivity (Wildman–Crippen MR) is 170 cm³/mol. The van der Waals surface area contributed by atoms with Gasteiger partial charge in [-0.25, -0.2) is 4.79 Å². The number of benzene rings is 5. The number of carbonyl (C=O) groups excluding carboxylic acids is 2. The maximum Gasteiger partial charge on any atom is 0.333 e. The molecule has 0 amide bonds. The number of ether oxygens (including phenoxy) is 4. The number of carbonyl (C=O) groups is 2. The molecule has 0 saturated heterocycles. The molecular weight excluding hydrogens is 540 g/mol. The number of fused-ring (bicyclic) bond motifs is 2. The lowest BCUT2D eigenvalue weighted by atomic mass is 9.86. The fourth-order valence-corrected chi connectivity index (χ4v) is 5.08. The van der Waals surface area contributed by atoms with Gasteiger partial charge in [0.1, 0.15) is 11.5 Å². The van der Waals surface area contributed by atoms with Crippen LogP contribution in [0.2, 0.25) is 0 Å². The molecule has 5 aromatic rings. The van der Waals surface area contributed by atoms with Crippen LogP contribution in [0.15, 0.2) is 110 Å². The van der Waals surface area contributed by atoms with Crippen LogP contribution in [0.4, 0.5) is 0 Å². The Morgan fingerprint density at radius 2 is 1.09 bits per heavy atom. The van der Waals surface area contributed by atoms with E-state index in [4.69, 9.17) is 18.9 Å². The first kappa shape index (κ1) is 29.4. The second kappa shape index (κ2) is 14.2. The Morgan fingerprint density at radius 3 is 1.56 bits per heavy atom. The third-order valence-electron chi connectivity index (χ3n) is 7.17. The molecule has 0 radical (unpaired) electrons. The van der Waals surface area contributed by atoms with E-state index in [1.807, 2.05) is 36.4 Å². The monoisotopic (exact) mass is 574 g/mol. The summed E-state index contributed by atoms with van der Waals surface area (Å²) in [5, 5.41) is 4.61. The SMILES string of the molecule is C=CC(=O)OCOc1ccc(-c2c3ccccc3c(-c3ccc(OCCCCOC(=O)CC)cc3)c3ccccc23)cc1. The van der Waals surface area contributed by atoms with Crippen LogP contribution in [0.25, 0.3) is 43.8 Å². The Bertz CT molecular complexity index is 1660. The molecule has 0 atom stereocenters. The number of rotatable bonds is 13. The summed E-state index contributed by atoms with van der Waals surface area (Å²) in [6.07, 6.45) is 3.09. The first-order valence-electron chi connectivity index (χ1n) is 14.4. The zero-order valence-electron chi connectivity index (χ0n) is 24.2. The summed E-state index contributed by atoms with van der Waals surface area (Å²) < 4.78 is 21.6. The largest absolute Gasteiger partial charge is 0.494 e. The van der Waals surface area contributed by atoms with E-state index in [1.54, 1.807) is 6.92 Å². The van der Waals surface area contributed by atoms with Gasteiger partial charge in [0.15, 0.2) is 0 Å². The van der Waals surface area contributed by atoms with Gasteiger partial charge in [0, 0.05) is 12.5 Å². The Labute approximate surface area is 251 Å². The minimum Gasteiger partial charge on any atom is -0.494 e. The molecule has 5 aromatic carbocycles. The number of esters is 2. The highest BCUT2D eigenvalue weighted by Crippen LogP contribution is 2.43. The Morgan fingerprint density at radius 1 is 0.628 bits per heavy atom. The smallest absolute Gasteiger partial charge is 0.333 e. The Balaban J connectivity index is 1.41. The maximum atomic E-state index is 11.3. The molecule has 0 aliphatic heterocycles. The third-order valence-corrected chi connectivity index (χ3v) is 7.17. The highest BCUT2D eigenvalue weighted by molar-refractivity contribution is 6.21.